The van der Waals surface area contributed by atoms with Gasteiger partial charge in [-0.1, -0.05) is 154 Å². The van der Waals surface area contributed by atoms with E-state index in [4.69, 9.17) is 0 Å². The number of fused-ring (bicyclic) bond motifs is 5. The normalized spacial score (nSPS) is 17.1. The first-order valence-electron chi connectivity index (χ1n) is 22.9. The van der Waals surface area contributed by atoms with E-state index in [9.17, 15) is 0 Å². The summed E-state index contributed by atoms with van der Waals surface area (Å²) in [5.74, 6) is 0.523. The van der Waals surface area contributed by atoms with E-state index in [-0.39, 0.29) is 11.3 Å². The summed E-state index contributed by atoms with van der Waals surface area (Å²) < 4.78 is 0. The molecule has 0 aromatic heterocycles. The predicted molar refractivity (Wildman–Crippen MR) is 264 cm³/mol. The number of hydrogen-bond donors (Lipinski definition) is 0. The van der Waals surface area contributed by atoms with Crippen LogP contribution in [0.15, 0.2) is 206 Å². The second kappa shape index (κ2) is 15.1. The number of anilines is 8. The first-order valence-corrected chi connectivity index (χ1v) is 22.9. The van der Waals surface area contributed by atoms with Crippen molar-refractivity contribution in [2.75, 3.05) is 14.7 Å². The minimum atomic E-state index is -0.260. The molecule has 2 aliphatic carbocycles. The summed E-state index contributed by atoms with van der Waals surface area (Å²) in [6, 6.07) is 74.7. The van der Waals surface area contributed by atoms with E-state index >= 15 is 0 Å². The fraction of sp³-hybridized carbons (Fsp3) is 0.167. The molecule has 3 nitrogen and oxygen atoms in total. The van der Waals surface area contributed by atoms with Gasteiger partial charge < -0.3 is 14.7 Å². The molecule has 0 N–H and O–H groups in total. The van der Waals surface area contributed by atoms with Crippen molar-refractivity contribution in [3.63, 3.8) is 0 Å². The van der Waals surface area contributed by atoms with Gasteiger partial charge in [0.15, 0.2) is 0 Å². The average Bonchev–Trinajstić information content (AvgIpc) is 3.58. The Morgan fingerprint density at radius 1 is 0.476 bits per heavy atom. The number of benzene rings is 8. The van der Waals surface area contributed by atoms with Gasteiger partial charge >= 0.3 is 0 Å². The predicted octanol–water partition coefficient (Wildman–Crippen LogP) is 16.6. The summed E-state index contributed by atoms with van der Waals surface area (Å²) in [4.78, 5) is 7.69. The maximum Gasteiger partial charge on any atom is 0.0547 e. The fourth-order valence-corrected chi connectivity index (χ4v) is 11.5. The van der Waals surface area contributed by atoms with Crippen LogP contribution in [0, 0.1) is 0 Å². The van der Waals surface area contributed by atoms with Crippen LogP contribution in [-0.4, -0.2) is 0 Å². The molecule has 1 saturated carbocycles. The quantitative estimate of drug-likeness (QED) is 0.159. The topological polar surface area (TPSA) is 9.72 Å². The molecule has 1 atom stereocenters. The van der Waals surface area contributed by atoms with Gasteiger partial charge in [0.1, 0.15) is 0 Å². The van der Waals surface area contributed by atoms with Crippen molar-refractivity contribution in [3.8, 4) is 11.1 Å². The zero-order valence-corrected chi connectivity index (χ0v) is 36.1. The Balaban J connectivity index is 1.19. The maximum atomic E-state index is 2.68. The summed E-state index contributed by atoms with van der Waals surface area (Å²) in [5, 5.41) is 0. The van der Waals surface area contributed by atoms with Gasteiger partial charge in [-0.25, -0.2) is 0 Å². The van der Waals surface area contributed by atoms with Crippen LogP contribution in [0.1, 0.15) is 85.6 Å². The highest BCUT2D eigenvalue weighted by Gasteiger charge is 2.51. The SMILES string of the molecule is CC1(C)C2=C(c3ccccc31)N(c1cccc(-c3ccccc3)c1)c1cc(C3CCCCC3)cc3c1C2c1cc(N(c2ccccc2)c2ccccc2)ccc1N3c1ccccc1. The number of hydrogen-bond acceptors (Lipinski definition) is 3. The standard InChI is InChI=1S/C60H51N3/c1-60(2)52-34-19-18-33-50(52)59-58(60)56-51-40-49(61(45-26-12-5-13-27-45)46-28-14-6-15-29-46)35-36-53(51)62(47-30-16-7-17-31-47)54-38-44(42-23-10-4-11-24-42)39-55(57(54)56)63(59)48-32-20-25-43(37-48)41-21-8-3-9-22-41/h3,5-9,12-22,25-40,42,56H,4,10-11,23-24H2,1-2H3. The molecule has 2 aliphatic heterocycles. The van der Waals surface area contributed by atoms with E-state index < -0.39 is 0 Å². The molecule has 8 aromatic carbocycles. The maximum absolute atomic E-state index is 2.68. The Morgan fingerprint density at radius 2 is 1.06 bits per heavy atom. The van der Waals surface area contributed by atoms with Crippen LogP contribution >= 0.6 is 0 Å². The molecule has 1 fully saturated rings. The lowest BCUT2D eigenvalue weighted by Gasteiger charge is -2.48. The van der Waals surface area contributed by atoms with Crippen molar-refractivity contribution in [2.24, 2.45) is 0 Å². The number of nitrogens with zero attached hydrogens (tertiary/aromatic N) is 3. The molecule has 12 rings (SSSR count). The van der Waals surface area contributed by atoms with Gasteiger partial charge in [-0.2, -0.15) is 0 Å². The van der Waals surface area contributed by atoms with Gasteiger partial charge in [0.25, 0.3) is 0 Å². The molecule has 3 heteroatoms. The molecule has 0 amide bonds. The molecule has 0 spiro atoms. The van der Waals surface area contributed by atoms with E-state index in [1.807, 2.05) is 0 Å². The fourth-order valence-electron chi connectivity index (χ4n) is 11.5. The van der Waals surface area contributed by atoms with Crippen LogP contribution in [-0.2, 0) is 5.41 Å². The van der Waals surface area contributed by atoms with E-state index in [1.54, 1.807) is 0 Å². The molecule has 8 aromatic rings. The summed E-state index contributed by atoms with van der Waals surface area (Å²) >= 11 is 0. The van der Waals surface area contributed by atoms with Crippen molar-refractivity contribution in [1.82, 2.24) is 0 Å². The van der Waals surface area contributed by atoms with Crippen molar-refractivity contribution in [3.05, 3.63) is 234 Å². The molecule has 2 heterocycles. The lowest BCUT2D eigenvalue weighted by atomic mass is 9.67. The van der Waals surface area contributed by atoms with Gasteiger partial charge in [-0.3, -0.25) is 0 Å². The lowest BCUT2D eigenvalue weighted by Crippen LogP contribution is -2.34. The Labute approximate surface area is 372 Å². The summed E-state index contributed by atoms with van der Waals surface area (Å²) in [5.41, 5.74) is 21.5. The number of allylic oxidation sites excluding steroid dienone is 1. The Kier molecular flexibility index (Phi) is 9.00. The highest BCUT2D eigenvalue weighted by molar-refractivity contribution is 6.04. The third-order valence-corrected chi connectivity index (χ3v) is 14.4. The zero-order chi connectivity index (χ0) is 42.1. The second-order valence-electron chi connectivity index (χ2n) is 18.3. The van der Waals surface area contributed by atoms with Crippen molar-refractivity contribution >= 4 is 51.2 Å². The Hall–Kier alpha value is -7.10. The summed E-state index contributed by atoms with van der Waals surface area (Å²) in [6.45, 7) is 4.95. The Morgan fingerprint density at radius 3 is 1.76 bits per heavy atom. The molecular formula is C60H51N3. The lowest BCUT2D eigenvalue weighted by molar-refractivity contribution is 0.443. The molecule has 306 valence electrons. The summed E-state index contributed by atoms with van der Waals surface area (Å²) in [6.07, 6.45) is 6.36. The van der Waals surface area contributed by atoms with Gasteiger partial charge in [0.05, 0.1) is 22.8 Å². The van der Waals surface area contributed by atoms with Gasteiger partial charge in [0, 0.05) is 50.9 Å². The second-order valence-corrected chi connectivity index (χ2v) is 18.3. The molecule has 0 bridgehead atoms. The van der Waals surface area contributed by atoms with Crippen LogP contribution in [0.25, 0.3) is 16.8 Å². The first-order chi connectivity index (χ1) is 31.0. The molecular weight excluding hydrogens is 763 g/mol. The van der Waals surface area contributed by atoms with Crippen LogP contribution in [0.5, 0.6) is 0 Å². The zero-order valence-electron chi connectivity index (χ0n) is 36.1. The minimum absolute atomic E-state index is 0.00432. The average molecular weight is 814 g/mol. The number of para-hydroxylation sites is 3. The Bertz CT molecular complexity index is 2980. The molecule has 0 radical (unpaired) electrons. The van der Waals surface area contributed by atoms with Crippen molar-refractivity contribution in [1.29, 1.82) is 0 Å². The van der Waals surface area contributed by atoms with E-state index in [0.717, 1.165) is 17.1 Å². The highest BCUT2D eigenvalue weighted by atomic mass is 15.2. The molecule has 63 heavy (non-hydrogen) atoms. The summed E-state index contributed by atoms with van der Waals surface area (Å²) in [7, 11) is 0. The van der Waals surface area contributed by atoms with Crippen LogP contribution < -0.4 is 14.7 Å². The van der Waals surface area contributed by atoms with Crippen molar-refractivity contribution in [2.45, 2.75) is 63.2 Å². The highest BCUT2D eigenvalue weighted by Crippen LogP contribution is 2.66. The van der Waals surface area contributed by atoms with Crippen LogP contribution in [0.2, 0.25) is 0 Å². The minimum Gasteiger partial charge on any atom is -0.310 e. The first kappa shape index (κ1) is 37.6. The van der Waals surface area contributed by atoms with Gasteiger partial charge in [-0.15, -0.1) is 0 Å². The van der Waals surface area contributed by atoms with Crippen LogP contribution in [0.3, 0.4) is 0 Å². The largest absolute Gasteiger partial charge is 0.310 e. The molecule has 0 saturated heterocycles. The van der Waals surface area contributed by atoms with E-state index in [2.05, 4.69) is 229 Å². The molecule has 1 unspecified atom stereocenters. The smallest absolute Gasteiger partial charge is 0.0547 e. The third kappa shape index (κ3) is 6.08. The van der Waals surface area contributed by atoms with Crippen molar-refractivity contribution < 1.29 is 0 Å². The van der Waals surface area contributed by atoms with Gasteiger partial charge in [-0.05, 0) is 131 Å². The monoisotopic (exact) mass is 813 g/mol. The van der Waals surface area contributed by atoms with E-state index in [1.165, 1.54) is 111 Å². The van der Waals surface area contributed by atoms with Crippen LogP contribution in [0.4, 0.5) is 45.5 Å². The third-order valence-electron chi connectivity index (χ3n) is 14.4. The van der Waals surface area contributed by atoms with E-state index in [0.29, 0.717) is 5.92 Å². The number of rotatable bonds is 7. The molecule has 4 aliphatic rings. The van der Waals surface area contributed by atoms with Gasteiger partial charge in [0.2, 0.25) is 0 Å².